The standard InChI is InChI=1S/C15H25N3O3/c1-11-5-6-12(14(20)21-4)8-17(11)13-7-16-18(9-13)15(2,3)10-19/h7,9,11-12,19H,5-6,8,10H2,1-4H3. The molecule has 1 saturated heterocycles. The molecule has 0 spiro atoms. The van der Waals surface area contributed by atoms with Gasteiger partial charge >= 0.3 is 5.97 Å². The summed E-state index contributed by atoms with van der Waals surface area (Å²) in [6.45, 7) is 6.69. The second-order valence-electron chi connectivity index (χ2n) is 6.41. The monoisotopic (exact) mass is 295 g/mol. The first kappa shape index (κ1) is 15.8. The highest BCUT2D eigenvalue weighted by atomic mass is 16.5. The third kappa shape index (κ3) is 3.20. The number of methoxy groups -OCH3 is 1. The molecule has 1 fully saturated rings. The zero-order chi connectivity index (χ0) is 15.6. The molecule has 0 radical (unpaired) electrons. The lowest BCUT2D eigenvalue weighted by atomic mass is 9.93. The van der Waals surface area contributed by atoms with Gasteiger partial charge in [-0.05, 0) is 33.6 Å². The number of esters is 1. The molecule has 0 bridgehead atoms. The minimum Gasteiger partial charge on any atom is -0.469 e. The van der Waals surface area contributed by atoms with E-state index in [9.17, 15) is 9.90 Å². The molecule has 21 heavy (non-hydrogen) atoms. The number of ether oxygens (including phenoxy) is 1. The van der Waals surface area contributed by atoms with E-state index in [0.717, 1.165) is 18.5 Å². The molecule has 2 rings (SSSR count). The number of hydrogen-bond acceptors (Lipinski definition) is 5. The molecular formula is C15H25N3O3. The maximum absolute atomic E-state index is 11.8. The van der Waals surface area contributed by atoms with Crippen molar-refractivity contribution in [3.63, 3.8) is 0 Å². The molecule has 2 unspecified atom stereocenters. The number of nitrogens with zero attached hydrogens (tertiary/aromatic N) is 3. The van der Waals surface area contributed by atoms with Gasteiger partial charge in [-0.2, -0.15) is 5.10 Å². The van der Waals surface area contributed by atoms with E-state index in [4.69, 9.17) is 4.74 Å². The summed E-state index contributed by atoms with van der Waals surface area (Å²) < 4.78 is 6.64. The molecule has 6 heteroatoms. The number of aliphatic hydroxyl groups excluding tert-OH is 1. The van der Waals surface area contributed by atoms with E-state index in [1.807, 2.05) is 20.0 Å². The molecule has 6 nitrogen and oxygen atoms in total. The Hall–Kier alpha value is -1.56. The van der Waals surface area contributed by atoms with Gasteiger partial charge in [0.15, 0.2) is 0 Å². The van der Waals surface area contributed by atoms with Gasteiger partial charge in [0.25, 0.3) is 0 Å². The highest BCUT2D eigenvalue weighted by molar-refractivity contribution is 5.73. The number of aromatic nitrogens is 2. The summed E-state index contributed by atoms with van der Waals surface area (Å²) in [5.41, 5.74) is 0.552. The number of rotatable bonds is 4. The van der Waals surface area contributed by atoms with E-state index < -0.39 is 5.54 Å². The quantitative estimate of drug-likeness (QED) is 0.850. The largest absolute Gasteiger partial charge is 0.469 e. The molecule has 1 N–H and O–H groups in total. The van der Waals surface area contributed by atoms with Gasteiger partial charge in [-0.25, -0.2) is 0 Å². The Bertz CT molecular complexity index is 498. The lowest BCUT2D eigenvalue weighted by molar-refractivity contribution is -0.145. The van der Waals surface area contributed by atoms with Crippen LogP contribution in [0.2, 0.25) is 0 Å². The Morgan fingerprint density at radius 2 is 2.24 bits per heavy atom. The Kier molecular flexibility index (Phi) is 4.56. The van der Waals surface area contributed by atoms with Crippen LogP contribution in [0.15, 0.2) is 12.4 Å². The van der Waals surface area contributed by atoms with Gasteiger partial charge in [-0.3, -0.25) is 9.48 Å². The van der Waals surface area contributed by atoms with Crippen LogP contribution in [0.3, 0.4) is 0 Å². The Balaban J connectivity index is 2.18. The maximum Gasteiger partial charge on any atom is 0.310 e. The van der Waals surface area contributed by atoms with Crippen LogP contribution in [0, 0.1) is 5.92 Å². The molecule has 0 aromatic carbocycles. The third-order valence-electron chi connectivity index (χ3n) is 4.32. The van der Waals surface area contributed by atoms with Crippen LogP contribution >= 0.6 is 0 Å². The topological polar surface area (TPSA) is 67.6 Å². The van der Waals surface area contributed by atoms with E-state index in [2.05, 4.69) is 16.9 Å². The summed E-state index contributed by atoms with van der Waals surface area (Å²) in [4.78, 5) is 14.0. The number of carbonyl (C=O) groups is 1. The van der Waals surface area contributed by atoms with Crippen molar-refractivity contribution in [2.75, 3.05) is 25.2 Å². The van der Waals surface area contributed by atoms with Gasteiger partial charge in [0, 0.05) is 18.8 Å². The SMILES string of the molecule is COC(=O)C1CCC(C)N(c2cnn(C(C)(C)CO)c2)C1. The van der Waals surface area contributed by atoms with Crippen LogP contribution in [-0.4, -0.2) is 47.2 Å². The number of carbonyl (C=O) groups excluding carboxylic acids is 1. The van der Waals surface area contributed by atoms with E-state index in [-0.39, 0.29) is 18.5 Å². The van der Waals surface area contributed by atoms with E-state index >= 15 is 0 Å². The van der Waals surface area contributed by atoms with Crippen LogP contribution in [0.1, 0.15) is 33.6 Å². The highest BCUT2D eigenvalue weighted by Gasteiger charge is 2.32. The predicted octanol–water partition coefficient (Wildman–Crippen LogP) is 1.39. The van der Waals surface area contributed by atoms with E-state index in [1.54, 1.807) is 10.9 Å². The minimum absolute atomic E-state index is 0.0223. The fraction of sp³-hybridized carbons (Fsp3) is 0.733. The van der Waals surface area contributed by atoms with Gasteiger partial charge in [-0.15, -0.1) is 0 Å². The smallest absolute Gasteiger partial charge is 0.310 e. The maximum atomic E-state index is 11.8. The second-order valence-corrected chi connectivity index (χ2v) is 6.41. The molecule has 1 aromatic heterocycles. The summed E-state index contributed by atoms with van der Waals surface area (Å²) >= 11 is 0. The molecule has 2 atom stereocenters. The molecule has 0 saturated carbocycles. The summed E-state index contributed by atoms with van der Waals surface area (Å²) in [5, 5.41) is 13.8. The third-order valence-corrected chi connectivity index (χ3v) is 4.32. The molecular weight excluding hydrogens is 270 g/mol. The lowest BCUT2D eigenvalue weighted by Gasteiger charge is -2.37. The molecule has 2 heterocycles. The van der Waals surface area contributed by atoms with Crippen LogP contribution in [0.5, 0.6) is 0 Å². The summed E-state index contributed by atoms with van der Waals surface area (Å²) in [6.07, 6.45) is 5.55. The van der Waals surface area contributed by atoms with Gasteiger partial charge < -0.3 is 14.7 Å². The minimum atomic E-state index is -0.432. The van der Waals surface area contributed by atoms with Crippen molar-refractivity contribution in [3.8, 4) is 0 Å². The number of piperidine rings is 1. The summed E-state index contributed by atoms with van der Waals surface area (Å²) in [5.74, 6) is -0.226. The van der Waals surface area contributed by atoms with E-state index in [1.165, 1.54) is 7.11 Å². The second kappa shape index (κ2) is 6.05. The fourth-order valence-electron chi connectivity index (χ4n) is 2.69. The molecule has 118 valence electrons. The van der Waals surface area contributed by atoms with Crippen molar-refractivity contribution in [1.82, 2.24) is 9.78 Å². The number of aliphatic hydroxyl groups is 1. The number of anilines is 1. The number of hydrogen-bond donors (Lipinski definition) is 1. The first-order valence-electron chi connectivity index (χ1n) is 7.39. The zero-order valence-electron chi connectivity index (χ0n) is 13.2. The Labute approximate surface area is 125 Å². The molecule has 0 amide bonds. The first-order chi connectivity index (χ1) is 9.89. The van der Waals surface area contributed by atoms with Crippen LogP contribution in [0.25, 0.3) is 0 Å². The van der Waals surface area contributed by atoms with Gasteiger partial charge in [0.1, 0.15) is 0 Å². The lowest BCUT2D eigenvalue weighted by Crippen LogP contribution is -2.44. The first-order valence-corrected chi connectivity index (χ1v) is 7.39. The average molecular weight is 295 g/mol. The van der Waals surface area contributed by atoms with Crippen LogP contribution < -0.4 is 4.90 Å². The van der Waals surface area contributed by atoms with E-state index in [0.29, 0.717) is 12.6 Å². The van der Waals surface area contributed by atoms with Crippen molar-refractivity contribution in [1.29, 1.82) is 0 Å². The normalized spacial score (nSPS) is 23.2. The van der Waals surface area contributed by atoms with Crippen LogP contribution in [0.4, 0.5) is 5.69 Å². The van der Waals surface area contributed by atoms with Crippen molar-refractivity contribution < 1.29 is 14.6 Å². The average Bonchev–Trinajstić information content (AvgIpc) is 2.97. The molecule has 1 aliphatic heterocycles. The van der Waals surface area contributed by atoms with Gasteiger partial charge in [0.05, 0.1) is 37.1 Å². The summed E-state index contributed by atoms with van der Waals surface area (Å²) in [6, 6.07) is 0.362. The molecule has 1 aliphatic rings. The molecule has 1 aromatic rings. The summed E-state index contributed by atoms with van der Waals surface area (Å²) in [7, 11) is 1.44. The predicted molar refractivity (Wildman–Crippen MR) is 80.2 cm³/mol. The fourth-order valence-corrected chi connectivity index (χ4v) is 2.69. The Morgan fingerprint density at radius 3 is 2.86 bits per heavy atom. The highest BCUT2D eigenvalue weighted by Crippen LogP contribution is 2.29. The van der Waals surface area contributed by atoms with Gasteiger partial charge in [0.2, 0.25) is 0 Å². The van der Waals surface area contributed by atoms with Crippen LogP contribution in [-0.2, 0) is 15.1 Å². The molecule has 0 aliphatic carbocycles. The zero-order valence-corrected chi connectivity index (χ0v) is 13.2. The van der Waals surface area contributed by atoms with Crippen molar-refractivity contribution in [2.24, 2.45) is 5.92 Å². The van der Waals surface area contributed by atoms with Crippen molar-refractivity contribution in [3.05, 3.63) is 12.4 Å². The van der Waals surface area contributed by atoms with Gasteiger partial charge in [-0.1, -0.05) is 0 Å². The van der Waals surface area contributed by atoms with Crippen molar-refractivity contribution in [2.45, 2.75) is 45.2 Å². The van der Waals surface area contributed by atoms with Crippen molar-refractivity contribution >= 4 is 11.7 Å². The Morgan fingerprint density at radius 1 is 1.52 bits per heavy atom.